The Bertz CT molecular complexity index is 1350. The van der Waals surface area contributed by atoms with Crippen LogP contribution < -0.4 is 16.6 Å². The number of carbonyl (C=O) groups is 1. The Labute approximate surface area is 188 Å². The first kappa shape index (κ1) is 21.6. The number of thiazole rings is 1. The van der Waals surface area contributed by atoms with Crippen LogP contribution >= 0.6 is 23.1 Å². The van der Waals surface area contributed by atoms with Gasteiger partial charge in [-0.3, -0.25) is 19.1 Å². The molecule has 0 spiro atoms. The fourth-order valence-corrected chi connectivity index (χ4v) is 4.31. The van der Waals surface area contributed by atoms with Gasteiger partial charge in [0.2, 0.25) is 5.91 Å². The maximum atomic E-state index is 13.4. The lowest BCUT2D eigenvalue weighted by molar-refractivity contribution is -0.113. The van der Waals surface area contributed by atoms with E-state index in [1.54, 1.807) is 16.7 Å². The van der Waals surface area contributed by atoms with E-state index in [2.05, 4.69) is 30.5 Å². The van der Waals surface area contributed by atoms with Gasteiger partial charge in [-0.25, -0.2) is 14.2 Å². The number of H-pyrrole nitrogens is 2. The number of benzene rings is 1. The van der Waals surface area contributed by atoms with Crippen molar-refractivity contribution in [2.75, 3.05) is 11.1 Å². The van der Waals surface area contributed by atoms with E-state index >= 15 is 0 Å². The smallest absolute Gasteiger partial charge is 0.311 e. The second kappa shape index (κ2) is 9.28. The second-order valence-electron chi connectivity index (χ2n) is 6.63. The quantitative estimate of drug-likeness (QED) is 0.348. The first-order valence-corrected chi connectivity index (χ1v) is 11.1. The number of anilines is 1. The topological polar surface area (TPSA) is 138 Å². The summed E-state index contributed by atoms with van der Waals surface area (Å²) < 4.78 is 15.1. The largest absolute Gasteiger partial charge is 0.325 e. The second-order valence-corrected chi connectivity index (χ2v) is 8.43. The lowest BCUT2D eigenvalue weighted by atomic mass is 10.2. The van der Waals surface area contributed by atoms with E-state index in [9.17, 15) is 18.8 Å². The average Bonchev–Trinajstić information content (AvgIpc) is 3.32. The molecule has 0 unspecified atom stereocenters. The number of carbonyl (C=O) groups excluding carboxylic acids is 1. The number of rotatable bonds is 7. The number of nitrogens with one attached hydrogen (secondary N) is 3. The molecule has 4 aromatic rings. The van der Waals surface area contributed by atoms with Crippen LogP contribution in [0.3, 0.4) is 0 Å². The summed E-state index contributed by atoms with van der Waals surface area (Å²) in [6, 6.07) is 6.93. The number of hydrogen-bond acceptors (Lipinski definition) is 8. The van der Waals surface area contributed by atoms with Gasteiger partial charge in [-0.05, 0) is 31.2 Å². The van der Waals surface area contributed by atoms with Crippen LogP contribution in [0.25, 0.3) is 5.69 Å². The summed E-state index contributed by atoms with van der Waals surface area (Å²) in [5.41, 5.74) is 0.542. The number of aromatic nitrogens is 6. The molecule has 13 heteroatoms. The molecule has 3 N–H and O–H groups in total. The van der Waals surface area contributed by atoms with E-state index in [0.29, 0.717) is 27.5 Å². The maximum Gasteiger partial charge on any atom is 0.325 e. The fourth-order valence-electron chi connectivity index (χ4n) is 2.84. The minimum Gasteiger partial charge on any atom is -0.311 e. The normalized spacial score (nSPS) is 10.9. The van der Waals surface area contributed by atoms with Crippen molar-refractivity contribution in [1.29, 1.82) is 0 Å². The van der Waals surface area contributed by atoms with E-state index in [1.165, 1.54) is 29.5 Å². The Balaban J connectivity index is 1.60. The van der Waals surface area contributed by atoms with E-state index in [-0.39, 0.29) is 18.1 Å². The Morgan fingerprint density at radius 1 is 1.22 bits per heavy atom. The lowest BCUT2D eigenvalue weighted by Gasteiger charge is -2.10. The molecule has 3 heterocycles. The molecule has 0 aliphatic rings. The van der Waals surface area contributed by atoms with E-state index in [1.807, 2.05) is 12.3 Å². The van der Waals surface area contributed by atoms with Gasteiger partial charge in [0.05, 0.1) is 11.4 Å². The minimum atomic E-state index is -0.635. The van der Waals surface area contributed by atoms with Gasteiger partial charge in [0, 0.05) is 29.2 Å². The summed E-state index contributed by atoms with van der Waals surface area (Å²) in [6.45, 7) is 1.83. The molecule has 0 aliphatic carbocycles. The van der Waals surface area contributed by atoms with Crippen LogP contribution in [0.4, 0.5) is 9.52 Å². The zero-order valence-corrected chi connectivity index (χ0v) is 18.2. The molecule has 10 nitrogen and oxygen atoms in total. The van der Waals surface area contributed by atoms with Crippen LogP contribution in [-0.2, 0) is 11.2 Å². The van der Waals surface area contributed by atoms with Gasteiger partial charge >= 0.3 is 5.69 Å². The molecule has 0 saturated carbocycles. The molecule has 0 aliphatic heterocycles. The number of aryl methyl sites for hydroxylation is 1. The summed E-state index contributed by atoms with van der Waals surface area (Å²) >= 11 is 2.47. The van der Waals surface area contributed by atoms with Crippen molar-refractivity contribution in [3.8, 4) is 5.69 Å². The zero-order valence-electron chi connectivity index (χ0n) is 16.6. The van der Waals surface area contributed by atoms with Crippen LogP contribution in [-0.4, -0.2) is 41.4 Å². The van der Waals surface area contributed by atoms with E-state index < -0.39 is 17.1 Å². The summed E-state index contributed by atoms with van der Waals surface area (Å²) in [4.78, 5) is 44.3. The van der Waals surface area contributed by atoms with Crippen LogP contribution in [0.5, 0.6) is 0 Å². The standard InChI is InChI=1S/C19H16FN7O3S2/c1-10-8-31-18(21-10)24-16(29)9-32-19-26-25-14(6-12-7-15(28)23-17(30)22-12)27(19)13-4-2-11(20)3-5-13/h2-5,7-8H,6,9H2,1H3,(H,21,24,29)(H2,22,23,28,30). The van der Waals surface area contributed by atoms with E-state index in [4.69, 9.17) is 0 Å². The molecule has 0 radical (unpaired) electrons. The van der Waals surface area contributed by atoms with Gasteiger partial charge in [-0.15, -0.1) is 21.5 Å². The van der Waals surface area contributed by atoms with Crippen LogP contribution in [0, 0.1) is 12.7 Å². The van der Waals surface area contributed by atoms with Gasteiger partial charge in [-0.2, -0.15) is 0 Å². The third kappa shape index (κ3) is 5.18. The summed E-state index contributed by atoms with van der Waals surface area (Å²) in [5, 5.41) is 13.8. The van der Waals surface area contributed by atoms with Gasteiger partial charge in [0.15, 0.2) is 10.3 Å². The Hall–Kier alpha value is -3.58. The number of aromatic amines is 2. The predicted molar refractivity (Wildman–Crippen MR) is 118 cm³/mol. The number of hydrogen-bond donors (Lipinski definition) is 3. The number of nitrogens with zero attached hydrogens (tertiary/aromatic N) is 4. The summed E-state index contributed by atoms with van der Waals surface area (Å²) in [7, 11) is 0. The Morgan fingerprint density at radius 3 is 2.69 bits per heavy atom. The molecule has 1 amide bonds. The number of amides is 1. The third-order valence-electron chi connectivity index (χ3n) is 4.15. The van der Waals surface area contributed by atoms with Crippen molar-refractivity contribution in [3.63, 3.8) is 0 Å². The predicted octanol–water partition coefficient (Wildman–Crippen LogP) is 1.87. The molecule has 0 saturated heterocycles. The average molecular weight is 474 g/mol. The summed E-state index contributed by atoms with van der Waals surface area (Å²) in [6.07, 6.45) is 0.0919. The zero-order chi connectivity index (χ0) is 22.7. The highest BCUT2D eigenvalue weighted by Gasteiger charge is 2.17. The van der Waals surface area contributed by atoms with E-state index in [0.717, 1.165) is 17.5 Å². The molecular formula is C19H16FN7O3S2. The summed E-state index contributed by atoms with van der Waals surface area (Å²) in [5.74, 6) is -0.232. The first-order valence-electron chi connectivity index (χ1n) is 9.25. The molecular weight excluding hydrogens is 457 g/mol. The van der Waals surface area contributed by atoms with Crippen LogP contribution in [0.15, 0.2) is 50.5 Å². The molecule has 0 fully saturated rings. The van der Waals surface area contributed by atoms with Crippen molar-refractivity contribution >= 4 is 34.1 Å². The maximum absolute atomic E-state index is 13.4. The van der Waals surface area contributed by atoms with Gasteiger partial charge in [0.25, 0.3) is 5.56 Å². The Morgan fingerprint density at radius 2 is 2.00 bits per heavy atom. The molecule has 3 aromatic heterocycles. The van der Waals surface area contributed by atoms with Crippen molar-refractivity contribution in [2.24, 2.45) is 0 Å². The third-order valence-corrected chi connectivity index (χ3v) is 5.95. The highest BCUT2D eigenvalue weighted by Crippen LogP contribution is 2.24. The monoisotopic (exact) mass is 473 g/mol. The van der Waals surface area contributed by atoms with Crippen LogP contribution in [0.1, 0.15) is 17.2 Å². The molecule has 164 valence electrons. The molecule has 32 heavy (non-hydrogen) atoms. The Kier molecular flexibility index (Phi) is 6.28. The molecule has 0 atom stereocenters. The lowest BCUT2D eigenvalue weighted by Crippen LogP contribution is -2.23. The SMILES string of the molecule is Cc1csc(NC(=O)CSc2nnc(Cc3cc(=O)[nH]c(=O)[nH]3)n2-c2ccc(F)cc2)n1. The molecule has 1 aromatic carbocycles. The number of halogens is 1. The fraction of sp³-hybridized carbons (Fsp3) is 0.158. The van der Waals surface area contributed by atoms with Crippen molar-refractivity contribution in [2.45, 2.75) is 18.5 Å². The highest BCUT2D eigenvalue weighted by atomic mass is 32.2. The van der Waals surface area contributed by atoms with Gasteiger partial charge in [-0.1, -0.05) is 11.8 Å². The van der Waals surface area contributed by atoms with Gasteiger partial charge in [0.1, 0.15) is 11.6 Å². The molecule has 0 bridgehead atoms. The minimum absolute atomic E-state index is 0.0415. The van der Waals surface area contributed by atoms with Gasteiger partial charge < -0.3 is 10.3 Å². The van der Waals surface area contributed by atoms with Crippen molar-refractivity contribution in [1.82, 2.24) is 29.7 Å². The molecule has 4 rings (SSSR count). The van der Waals surface area contributed by atoms with Crippen molar-refractivity contribution in [3.05, 3.63) is 79.6 Å². The highest BCUT2D eigenvalue weighted by molar-refractivity contribution is 7.99. The number of thioether (sulfide) groups is 1. The van der Waals surface area contributed by atoms with Crippen LogP contribution in [0.2, 0.25) is 0 Å². The van der Waals surface area contributed by atoms with Crippen molar-refractivity contribution < 1.29 is 9.18 Å². The first-order chi connectivity index (χ1) is 15.4.